The molecule has 2 aromatic heterocycles. The molecule has 138 valence electrons. The topological polar surface area (TPSA) is 69.8 Å². The highest BCUT2D eigenvalue weighted by Gasteiger charge is 2.30. The summed E-state index contributed by atoms with van der Waals surface area (Å²) in [7, 11) is 0. The lowest BCUT2D eigenvalue weighted by Crippen LogP contribution is -2.29. The first-order valence-electron chi connectivity index (χ1n) is 9.35. The smallest absolute Gasteiger partial charge is 0.292 e. The van der Waals surface area contributed by atoms with Crippen LogP contribution in [0.2, 0.25) is 0 Å². The number of nitrogens with zero attached hydrogens (tertiary/aromatic N) is 4. The molecule has 0 amide bonds. The van der Waals surface area contributed by atoms with E-state index in [4.69, 9.17) is 0 Å². The van der Waals surface area contributed by atoms with Crippen molar-refractivity contribution in [1.82, 2.24) is 19.6 Å². The third-order valence-electron chi connectivity index (χ3n) is 5.06. The Hall–Kier alpha value is -3.54. The monoisotopic (exact) mass is 370 g/mol. The number of carbonyl (C=O) groups is 1. The third kappa shape index (κ3) is 2.83. The van der Waals surface area contributed by atoms with Gasteiger partial charge in [-0.2, -0.15) is 10.2 Å². The van der Waals surface area contributed by atoms with E-state index >= 15 is 0 Å². The zero-order valence-corrected chi connectivity index (χ0v) is 15.2. The van der Waals surface area contributed by atoms with Crippen LogP contribution in [-0.4, -0.2) is 25.3 Å². The molecule has 4 aromatic rings. The van der Waals surface area contributed by atoms with Crippen molar-refractivity contribution in [2.24, 2.45) is 0 Å². The largest absolute Gasteiger partial charge is 0.293 e. The summed E-state index contributed by atoms with van der Waals surface area (Å²) in [5.41, 5.74) is 2.41. The highest BCUT2D eigenvalue weighted by atomic mass is 16.1. The van der Waals surface area contributed by atoms with Crippen molar-refractivity contribution in [2.45, 2.75) is 25.3 Å². The van der Waals surface area contributed by atoms with Crippen LogP contribution in [0, 0.1) is 0 Å². The summed E-state index contributed by atoms with van der Waals surface area (Å²) in [6, 6.07) is 18.5. The second kappa shape index (κ2) is 6.56. The number of ketones is 1. The molecule has 1 aliphatic carbocycles. The number of benzene rings is 2. The number of carbonyl (C=O) groups excluding carboxylic acids is 1. The van der Waals surface area contributed by atoms with Crippen LogP contribution < -0.4 is 5.56 Å². The Morgan fingerprint density at radius 3 is 2.36 bits per heavy atom. The van der Waals surface area contributed by atoms with Crippen LogP contribution in [0.1, 0.15) is 34.8 Å². The van der Waals surface area contributed by atoms with Crippen molar-refractivity contribution >= 4 is 16.7 Å². The summed E-state index contributed by atoms with van der Waals surface area (Å²) in [6.07, 6.45) is 3.81. The molecule has 0 atom stereocenters. The van der Waals surface area contributed by atoms with Gasteiger partial charge >= 0.3 is 0 Å². The van der Waals surface area contributed by atoms with E-state index < -0.39 is 0 Å². The van der Waals surface area contributed by atoms with Crippen LogP contribution in [0.5, 0.6) is 0 Å². The van der Waals surface area contributed by atoms with Gasteiger partial charge in [0.15, 0.2) is 5.78 Å². The van der Waals surface area contributed by atoms with Gasteiger partial charge in [-0.05, 0) is 25.0 Å². The van der Waals surface area contributed by atoms with Crippen molar-refractivity contribution in [2.75, 3.05) is 0 Å². The lowest BCUT2D eigenvalue weighted by atomic mass is 10.1. The van der Waals surface area contributed by atoms with Crippen molar-refractivity contribution in [3.63, 3.8) is 0 Å². The standard InChI is InChI=1S/C22H18N4O2/c27-19(15-7-3-1-4-8-15)14-25-22(28)21-18(20(24-25)16-11-12-16)13-23-26(21)17-9-5-2-6-10-17/h1-10,13,16H,11-12,14H2. The molecular formula is C22H18N4O2. The molecule has 2 aromatic carbocycles. The quantitative estimate of drug-likeness (QED) is 0.505. The molecule has 0 aliphatic heterocycles. The molecule has 1 fully saturated rings. The third-order valence-corrected chi connectivity index (χ3v) is 5.06. The molecule has 1 aliphatic rings. The minimum Gasteiger partial charge on any atom is -0.292 e. The van der Waals surface area contributed by atoms with Gasteiger partial charge in [0.05, 0.1) is 17.6 Å². The van der Waals surface area contributed by atoms with Gasteiger partial charge in [0.1, 0.15) is 12.1 Å². The lowest BCUT2D eigenvalue weighted by Gasteiger charge is -2.10. The second-order valence-corrected chi connectivity index (χ2v) is 7.07. The summed E-state index contributed by atoms with van der Waals surface area (Å²) < 4.78 is 2.95. The fourth-order valence-corrected chi connectivity index (χ4v) is 3.48. The molecule has 6 heteroatoms. The molecule has 1 saturated carbocycles. The van der Waals surface area contributed by atoms with E-state index in [1.165, 1.54) is 4.68 Å². The first-order chi connectivity index (χ1) is 13.7. The van der Waals surface area contributed by atoms with Crippen LogP contribution >= 0.6 is 0 Å². The fourth-order valence-electron chi connectivity index (χ4n) is 3.48. The second-order valence-electron chi connectivity index (χ2n) is 7.07. The van der Waals surface area contributed by atoms with Crippen LogP contribution in [-0.2, 0) is 6.54 Å². The predicted octanol–water partition coefficient (Wildman–Crippen LogP) is 3.34. The lowest BCUT2D eigenvalue weighted by molar-refractivity contribution is 0.0965. The maximum atomic E-state index is 13.2. The minimum absolute atomic E-state index is 0.0848. The molecule has 0 saturated heterocycles. The van der Waals surface area contributed by atoms with Gasteiger partial charge in [0, 0.05) is 16.9 Å². The van der Waals surface area contributed by atoms with Gasteiger partial charge in [-0.25, -0.2) is 9.36 Å². The van der Waals surface area contributed by atoms with E-state index in [0.29, 0.717) is 17.0 Å². The molecule has 0 bridgehead atoms. The Morgan fingerprint density at radius 2 is 1.68 bits per heavy atom. The van der Waals surface area contributed by atoms with Gasteiger partial charge in [0.25, 0.3) is 5.56 Å². The molecule has 0 radical (unpaired) electrons. The molecule has 2 heterocycles. The summed E-state index contributed by atoms with van der Waals surface area (Å²) in [6.45, 7) is -0.0848. The number of fused-ring (bicyclic) bond motifs is 1. The molecule has 0 spiro atoms. The molecule has 28 heavy (non-hydrogen) atoms. The van der Waals surface area contributed by atoms with Crippen molar-refractivity contribution < 1.29 is 4.79 Å². The molecule has 0 unspecified atom stereocenters. The average molecular weight is 370 g/mol. The molecule has 5 rings (SSSR count). The van der Waals surface area contributed by atoms with Crippen molar-refractivity contribution in [3.8, 4) is 5.69 Å². The van der Waals surface area contributed by atoms with Gasteiger partial charge in [-0.15, -0.1) is 0 Å². The maximum Gasteiger partial charge on any atom is 0.293 e. The van der Waals surface area contributed by atoms with Crippen LogP contribution in [0.4, 0.5) is 0 Å². The number of Topliss-reactive ketones (excluding diaryl/α,β-unsaturated/α-hetero) is 1. The highest BCUT2D eigenvalue weighted by molar-refractivity contribution is 5.96. The molecule has 6 nitrogen and oxygen atoms in total. The summed E-state index contributed by atoms with van der Waals surface area (Å²) >= 11 is 0. The van der Waals surface area contributed by atoms with Crippen LogP contribution in [0.25, 0.3) is 16.6 Å². The Balaban J connectivity index is 1.67. The Morgan fingerprint density at radius 1 is 1.00 bits per heavy atom. The van der Waals surface area contributed by atoms with Crippen molar-refractivity contribution in [1.29, 1.82) is 0 Å². The first-order valence-corrected chi connectivity index (χ1v) is 9.35. The Labute approximate surface area is 161 Å². The van der Waals surface area contributed by atoms with E-state index in [1.54, 1.807) is 23.0 Å². The van der Waals surface area contributed by atoms with E-state index in [-0.39, 0.29) is 17.9 Å². The maximum absolute atomic E-state index is 13.2. The van der Waals surface area contributed by atoms with Crippen molar-refractivity contribution in [3.05, 3.63) is 88.5 Å². The molecular weight excluding hydrogens is 352 g/mol. The van der Waals surface area contributed by atoms with Gasteiger partial charge in [-0.3, -0.25) is 9.59 Å². The number of hydrogen-bond acceptors (Lipinski definition) is 4. The van der Waals surface area contributed by atoms with Crippen LogP contribution in [0.3, 0.4) is 0 Å². The summed E-state index contributed by atoms with van der Waals surface area (Å²) in [5, 5.41) is 9.80. The zero-order chi connectivity index (χ0) is 19.1. The zero-order valence-electron chi connectivity index (χ0n) is 15.2. The van der Waals surface area contributed by atoms with Gasteiger partial charge in [-0.1, -0.05) is 48.5 Å². The SMILES string of the molecule is O=C(Cn1nc(C2CC2)c2cnn(-c3ccccc3)c2c1=O)c1ccccc1. The molecule has 0 N–H and O–H groups in total. The summed E-state index contributed by atoms with van der Waals surface area (Å²) in [5.74, 6) is 0.191. The number of hydrogen-bond donors (Lipinski definition) is 0. The van der Waals surface area contributed by atoms with Gasteiger partial charge in [0.2, 0.25) is 0 Å². The Bertz CT molecular complexity index is 1220. The van der Waals surface area contributed by atoms with Gasteiger partial charge < -0.3 is 0 Å². The average Bonchev–Trinajstić information content (AvgIpc) is 3.49. The van der Waals surface area contributed by atoms with E-state index in [0.717, 1.165) is 29.6 Å². The normalized spacial score (nSPS) is 13.7. The predicted molar refractivity (Wildman–Crippen MR) is 106 cm³/mol. The Kier molecular flexibility index (Phi) is 3.90. The fraction of sp³-hybridized carbons (Fsp3) is 0.182. The van der Waals surface area contributed by atoms with E-state index in [9.17, 15) is 9.59 Å². The van der Waals surface area contributed by atoms with E-state index in [2.05, 4.69) is 10.2 Å². The van der Waals surface area contributed by atoms with E-state index in [1.807, 2.05) is 48.5 Å². The number of rotatable bonds is 5. The van der Waals surface area contributed by atoms with Crippen LogP contribution in [0.15, 0.2) is 71.7 Å². The minimum atomic E-state index is -0.301. The highest BCUT2D eigenvalue weighted by Crippen LogP contribution is 2.41. The number of para-hydroxylation sites is 1. The number of aromatic nitrogens is 4. The first kappa shape index (κ1) is 16.6. The summed E-state index contributed by atoms with van der Waals surface area (Å²) in [4.78, 5) is 25.9.